The summed E-state index contributed by atoms with van der Waals surface area (Å²) >= 11 is 9.29. The maximum atomic E-state index is 6.01. The van der Waals surface area contributed by atoms with Crippen LogP contribution in [0.4, 0.5) is 0 Å². The first-order chi connectivity index (χ1) is 6.65. The van der Waals surface area contributed by atoms with Crippen molar-refractivity contribution in [2.24, 2.45) is 5.73 Å². The fourth-order valence-corrected chi connectivity index (χ4v) is 2.23. The summed E-state index contributed by atoms with van der Waals surface area (Å²) in [5.41, 5.74) is 7.10. The second-order valence-corrected chi connectivity index (χ2v) is 4.43. The van der Waals surface area contributed by atoms with Gasteiger partial charge in [-0.05, 0) is 30.5 Å². The molecule has 3 heteroatoms. The Bertz CT molecular complexity index is 325. The molecule has 14 heavy (non-hydrogen) atoms. The van der Waals surface area contributed by atoms with Gasteiger partial charge in [0.1, 0.15) is 0 Å². The molecular weight excluding hydrogens is 261 g/mol. The van der Waals surface area contributed by atoms with E-state index in [9.17, 15) is 0 Å². The van der Waals surface area contributed by atoms with E-state index in [4.69, 9.17) is 17.3 Å². The molecule has 0 spiro atoms. The molecule has 2 N–H and O–H groups in total. The van der Waals surface area contributed by atoms with E-state index in [1.165, 1.54) is 0 Å². The highest BCUT2D eigenvalue weighted by molar-refractivity contribution is 9.10. The zero-order valence-electron chi connectivity index (χ0n) is 7.84. The lowest BCUT2D eigenvalue weighted by Crippen LogP contribution is -2.10. The monoisotopic (exact) mass is 273 g/mol. The molecule has 0 amide bonds. The second-order valence-electron chi connectivity index (χ2n) is 3.14. The van der Waals surface area contributed by atoms with Crippen molar-refractivity contribution in [2.75, 3.05) is 0 Å². The van der Waals surface area contributed by atoms with Crippen LogP contribution < -0.4 is 5.73 Å². The molecule has 0 saturated carbocycles. The third-order valence-corrected chi connectivity index (χ3v) is 2.97. The van der Waals surface area contributed by atoms with E-state index < -0.39 is 0 Å². The maximum absolute atomic E-state index is 6.01. The van der Waals surface area contributed by atoms with Crippen LogP contribution in [0.3, 0.4) is 0 Å². The molecule has 1 rings (SSSR count). The van der Waals surface area contributed by atoms with Crippen LogP contribution in [-0.4, -0.2) is 0 Å². The molecule has 0 fully saturated rings. The largest absolute Gasteiger partial charge is 0.324 e. The molecule has 0 aliphatic heterocycles. The average molecular weight is 275 g/mol. The number of halogens is 2. The summed E-state index contributed by atoms with van der Waals surface area (Å²) in [5.74, 6) is 0. The van der Waals surface area contributed by atoms with Crippen molar-refractivity contribution in [1.82, 2.24) is 0 Å². The van der Waals surface area contributed by atoms with Gasteiger partial charge in [-0.15, -0.1) is 6.58 Å². The predicted octanol–water partition coefficient (Wildman–Crippen LogP) is 4.07. The Kier molecular flexibility index (Phi) is 4.66. The SMILES string of the molecule is C=CCC[C@H](N)c1ccc(Cl)cc1Br. The molecule has 1 aromatic carbocycles. The van der Waals surface area contributed by atoms with E-state index in [-0.39, 0.29) is 6.04 Å². The van der Waals surface area contributed by atoms with Gasteiger partial charge in [-0.25, -0.2) is 0 Å². The van der Waals surface area contributed by atoms with Gasteiger partial charge in [-0.3, -0.25) is 0 Å². The topological polar surface area (TPSA) is 26.0 Å². The highest BCUT2D eigenvalue weighted by Gasteiger charge is 2.08. The number of hydrogen-bond donors (Lipinski definition) is 1. The van der Waals surface area contributed by atoms with Crippen LogP contribution >= 0.6 is 27.5 Å². The van der Waals surface area contributed by atoms with Gasteiger partial charge in [0, 0.05) is 15.5 Å². The minimum absolute atomic E-state index is 0.0413. The van der Waals surface area contributed by atoms with Crippen molar-refractivity contribution in [3.8, 4) is 0 Å². The van der Waals surface area contributed by atoms with Crippen LogP contribution in [0.5, 0.6) is 0 Å². The zero-order chi connectivity index (χ0) is 10.6. The Hall–Kier alpha value is -0.310. The van der Waals surface area contributed by atoms with Gasteiger partial charge in [0.2, 0.25) is 0 Å². The normalized spacial score (nSPS) is 12.5. The smallest absolute Gasteiger partial charge is 0.0417 e. The van der Waals surface area contributed by atoms with Gasteiger partial charge < -0.3 is 5.73 Å². The number of allylic oxidation sites excluding steroid dienone is 1. The fraction of sp³-hybridized carbons (Fsp3) is 0.273. The fourth-order valence-electron chi connectivity index (χ4n) is 1.26. The summed E-state index contributed by atoms with van der Waals surface area (Å²) in [5, 5.41) is 0.719. The minimum Gasteiger partial charge on any atom is -0.324 e. The van der Waals surface area contributed by atoms with E-state index in [0.29, 0.717) is 0 Å². The molecule has 0 bridgehead atoms. The summed E-state index contributed by atoms with van der Waals surface area (Å²) < 4.78 is 0.974. The lowest BCUT2D eigenvalue weighted by atomic mass is 10.0. The first-order valence-corrected chi connectivity index (χ1v) is 5.63. The molecule has 0 aliphatic rings. The molecular formula is C11H13BrClN. The van der Waals surface area contributed by atoms with Crippen LogP contribution in [0.1, 0.15) is 24.4 Å². The summed E-state index contributed by atoms with van der Waals surface area (Å²) in [7, 11) is 0. The first kappa shape index (κ1) is 11.8. The molecule has 0 radical (unpaired) electrons. The van der Waals surface area contributed by atoms with Crippen LogP contribution in [-0.2, 0) is 0 Å². The summed E-state index contributed by atoms with van der Waals surface area (Å²) in [6, 6.07) is 5.72. The van der Waals surface area contributed by atoms with E-state index >= 15 is 0 Å². The van der Waals surface area contributed by atoms with Crippen molar-refractivity contribution >= 4 is 27.5 Å². The highest BCUT2D eigenvalue weighted by Crippen LogP contribution is 2.27. The number of rotatable bonds is 4. The molecule has 0 unspecified atom stereocenters. The van der Waals surface area contributed by atoms with E-state index in [2.05, 4.69) is 22.5 Å². The average Bonchev–Trinajstić information content (AvgIpc) is 2.14. The number of hydrogen-bond acceptors (Lipinski definition) is 1. The molecule has 1 atom stereocenters. The highest BCUT2D eigenvalue weighted by atomic mass is 79.9. The summed E-state index contributed by atoms with van der Waals surface area (Å²) in [4.78, 5) is 0. The van der Waals surface area contributed by atoms with Crippen molar-refractivity contribution < 1.29 is 0 Å². The van der Waals surface area contributed by atoms with Gasteiger partial charge in [0.25, 0.3) is 0 Å². The predicted molar refractivity (Wildman–Crippen MR) is 65.5 cm³/mol. The molecule has 76 valence electrons. The Labute approximate surface area is 98.1 Å². The van der Waals surface area contributed by atoms with E-state index in [0.717, 1.165) is 27.9 Å². The van der Waals surface area contributed by atoms with Gasteiger partial charge >= 0.3 is 0 Å². The van der Waals surface area contributed by atoms with Crippen molar-refractivity contribution in [3.05, 3.63) is 45.9 Å². The Morgan fingerprint density at radius 1 is 1.57 bits per heavy atom. The van der Waals surface area contributed by atoms with Crippen LogP contribution in [0.15, 0.2) is 35.3 Å². The first-order valence-electron chi connectivity index (χ1n) is 4.46. The van der Waals surface area contributed by atoms with Crippen molar-refractivity contribution in [2.45, 2.75) is 18.9 Å². The Balaban J connectivity index is 2.78. The van der Waals surface area contributed by atoms with Crippen molar-refractivity contribution in [3.63, 3.8) is 0 Å². The number of nitrogens with two attached hydrogens (primary N) is 1. The van der Waals surface area contributed by atoms with E-state index in [1.807, 2.05) is 24.3 Å². The summed E-state index contributed by atoms with van der Waals surface area (Å²) in [6.45, 7) is 3.67. The van der Waals surface area contributed by atoms with E-state index in [1.54, 1.807) is 0 Å². The maximum Gasteiger partial charge on any atom is 0.0417 e. The van der Waals surface area contributed by atoms with Gasteiger partial charge in [-0.2, -0.15) is 0 Å². The van der Waals surface area contributed by atoms with Crippen LogP contribution in [0.25, 0.3) is 0 Å². The minimum atomic E-state index is 0.0413. The lowest BCUT2D eigenvalue weighted by molar-refractivity contribution is 0.659. The molecule has 1 nitrogen and oxygen atoms in total. The Morgan fingerprint density at radius 3 is 2.86 bits per heavy atom. The van der Waals surface area contributed by atoms with Gasteiger partial charge in [0.15, 0.2) is 0 Å². The third-order valence-electron chi connectivity index (χ3n) is 2.04. The number of benzene rings is 1. The summed E-state index contributed by atoms with van der Waals surface area (Å²) in [6.07, 6.45) is 3.71. The van der Waals surface area contributed by atoms with Crippen molar-refractivity contribution in [1.29, 1.82) is 0 Å². The molecule has 0 saturated heterocycles. The van der Waals surface area contributed by atoms with Gasteiger partial charge in [0.05, 0.1) is 0 Å². The van der Waals surface area contributed by atoms with Crippen LogP contribution in [0.2, 0.25) is 5.02 Å². The molecule has 0 heterocycles. The quantitative estimate of drug-likeness (QED) is 0.823. The van der Waals surface area contributed by atoms with Crippen LogP contribution in [0, 0.1) is 0 Å². The second kappa shape index (κ2) is 5.54. The molecule has 0 aliphatic carbocycles. The molecule has 1 aromatic rings. The standard InChI is InChI=1S/C11H13BrClN/c1-2-3-4-11(14)9-6-5-8(13)7-10(9)12/h2,5-7,11H,1,3-4,14H2/t11-/m0/s1. The Morgan fingerprint density at radius 2 is 2.29 bits per heavy atom. The zero-order valence-corrected chi connectivity index (χ0v) is 10.2. The van der Waals surface area contributed by atoms with Gasteiger partial charge in [-0.1, -0.05) is 39.7 Å². The lowest BCUT2D eigenvalue weighted by Gasteiger charge is -2.12. The third kappa shape index (κ3) is 3.12. The molecule has 0 aromatic heterocycles.